The Kier molecular flexibility index (Phi) is 3.53. The lowest BCUT2D eigenvalue weighted by atomic mass is 10.0. The highest BCUT2D eigenvalue weighted by atomic mass is 32.2. The van der Waals surface area contributed by atoms with E-state index in [2.05, 4.69) is 9.88 Å². The number of pyridine rings is 1. The van der Waals surface area contributed by atoms with Gasteiger partial charge in [-0.2, -0.15) is 11.8 Å². The Bertz CT molecular complexity index is 614. The molecule has 4 heteroatoms. The Morgan fingerprint density at radius 2 is 2.26 bits per heavy atom. The molecule has 0 aliphatic carbocycles. The Morgan fingerprint density at radius 1 is 1.42 bits per heavy atom. The zero-order valence-electron chi connectivity index (χ0n) is 10.9. The van der Waals surface area contributed by atoms with Crippen molar-refractivity contribution in [3.63, 3.8) is 0 Å². The molecule has 0 radical (unpaired) electrons. The molecule has 1 aliphatic rings. The number of aromatic nitrogens is 1. The van der Waals surface area contributed by atoms with Crippen molar-refractivity contribution in [1.29, 1.82) is 0 Å². The zero-order valence-corrected chi connectivity index (χ0v) is 11.7. The van der Waals surface area contributed by atoms with Crippen LogP contribution in [0, 0.1) is 0 Å². The van der Waals surface area contributed by atoms with Gasteiger partial charge in [0.05, 0.1) is 11.6 Å². The van der Waals surface area contributed by atoms with Gasteiger partial charge in [0.25, 0.3) is 0 Å². The van der Waals surface area contributed by atoms with E-state index in [0.29, 0.717) is 0 Å². The number of benzene rings is 1. The lowest BCUT2D eigenvalue weighted by Gasteiger charge is -2.30. The van der Waals surface area contributed by atoms with Gasteiger partial charge in [0.2, 0.25) is 0 Å². The fourth-order valence-electron chi connectivity index (χ4n) is 2.36. The Hall–Kier alpha value is -1.39. The molecule has 0 amide bonds. The van der Waals surface area contributed by atoms with Gasteiger partial charge < -0.3 is 0 Å². The Balaban J connectivity index is 1.92. The number of Topliss-reactive ketones (excluding diaryl/α,β-unsaturated/α-hetero) is 1. The molecule has 1 atom stereocenters. The number of hydrogen-bond acceptors (Lipinski definition) is 4. The van der Waals surface area contributed by atoms with E-state index >= 15 is 0 Å². The van der Waals surface area contributed by atoms with Crippen molar-refractivity contribution in [1.82, 2.24) is 9.88 Å². The third-order valence-corrected chi connectivity index (χ3v) is 4.60. The number of likely N-dealkylation sites (N-methyl/N-ethyl adjacent to an activating group) is 1. The molecule has 3 rings (SSSR count). The largest absolute Gasteiger partial charge is 0.295 e. The summed E-state index contributed by atoms with van der Waals surface area (Å²) >= 11 is 1.85. The summed E-state index contributed by atoms with van der Waals surface area (Å²) in [4.78, 5) is 19.1. The summed E-state index contributed by atoms with van der Waals surface area (Å²) in [6, 6.07) is 9.84. The number of ketones is 1. The summed E-state index contributed by atoms with van der Waals surface area (Å²) in [5.74, 6) is 2.17. The minimum atomic E-state index is -0.0123. The molecular formula is C15H16N2OS. The average Bonchev–Trinajstić information content (AvgIpc) is 2.46. The molecule has 98 valence electrons. The van der Waals surface area contributed by atoms with Gasteiger partial charge in [-0.1, -0.05) is 18.2 Å². The molecule has 0 N–H and O–H groups in total. The van der Waals surface area contributed by atoms with E-state index in [4.69, 9.17) is 0 Å². The first-order valence-electron chi connectivity index (χ1n) is 6.43. The zero-order chi connectivity index (χ0) is 13.2. The van der Waals surface area contributed by atoms with Gasteiger partial charge in [0.15, 0.2) is 5.78 Å². The van der Waals surface area contributed by atoms with Crippen LogP contribution < -0.4 is 0 Å². The fraction of sp³-hybridized carbons (Fsp3) is 0.333. The highest BCUT2D eigenvalue weighted by Gasteiger charge is 2.27. The maximum atomic E-state index is 12.6. The van der Waals surface area contributed by atoms with Crippen LogP contribution in [-0.4, -0.2) is 46.8 Å². The second-order valence-corrected chi connectivity index (χ2v) is 6.00. The predicted molar refractivity (Wildman–Crippen MR) is 79.8 cm³/mol. The number of thioether (sulfide) groups is 1. The minimum Gasteiger partial charge on any atom is -0.295 e. The van der Waals surface area contributed by atoms with Crippen molar-refractivity contribution in [2.24, 2.45) is 0 Å². The van der Waals surface area contributed by atoms with Crippen LogP contribution in [0.5, 0.6) is 0 Å². The van der Waals surface area contributed by atoms with Gasteiger partial charge in [-0.15, -0.1) is 0 Å². The molecule has 19 heavy (non-hydrogen) atoms. The number of carbonyl (C=O) groups excluding carboxylic acids is 1. The third kappa shape index (κ3) is 2.51. The summed E-state index contributed by atoms with van der Waals surface area (Å²) in [6.07, 6.45) is 1.71. The molecule has 0 bridgehead atoms. The second-order valence-electron chi connectivity index (χ2n) is 4.85. The van der Waals surface area contributed by atoms with Crippen molar-refractivity contribution < 1.29 is 4.79 Å². The first-order chi connectivity index (χ1) is 9.25. The van der Waals surface area contributed by atoms with Crippen molar-refractivity contribution in [3.8, 4) is 0 Å². The van der Waals surface area contributed by atoms with Gasteiger partial charge >= 0.3 is 0 Å². The molecule has 2 aromatic rings. The van der Waals surface area contributed by atoms with Crippen LogP contribution in [0.4, 0.5) is 0 Å². The molecule has 1 saturated heterocycles. The molecule has 1 aromatic carbocycles. The van der Waals surface area contributed by atoms with Crippen LogP contribution in [0.2, 0.25) is 0 Å². The topological polar surface area (TPSA) is 33.2 Å². The van der Waals surface area contributed by atoms with Crippen molar-refractivity contribution in [3.05, 3.63) is 42.1 Å². The maximum absolute atomic E-state index is 12.6. The minimum absolute atomic E-state index is 0.0123. The predicted octanol–water partition coefficient (Wildman–Crippen LogP) is 2.46. The van der Waals surface area contributed by atoms with E-state index < -0.39 is 0 Å². The van der Waals surface area contributed by atoms with E-state index in [1.807, 2.05) is 49.1 Å². The molecular weight excluding hydrogens is 256 g/mol. The first kappa shape index (κ1) is 12.6. The van der Waals surface area contributed by atoms with E-state index in [0.717, 1.165) is 34.5 Å². The molecule has 1 fully saturated rings. The van der Waals surface area contributed by atoms with Gasteiger partial charge in [-0.25, -0.2) is 0 Å². The van der Waals surface area contributed by atoms with Crippen LogP contribution in [0.3, 0.4) is 0 Å². The lowest BCUT2D eigenvalue weighted by Crippen LogP contribution is -2.44. The molecule has 1 aromatic heterocycles. The monoisotopic (exact) mass is 272 g/mol. The van der Waals surface area contributed by atoms with Crippen LogP contribution in [0.1, 0.15) is 10.4 Å². The summed E-state index contributed by atoms with van der Waals surface area (Å²) < 4.78 is 0. The van der Waals surface area contributed by atoms with Gasteiger partial charge in [0.1, 0.15) is 0 Å². The van der Waals surface area contributed by atoms with Gasteiger partial charge in [0, 0.05) is 35.2 Å². The first-order valence-corrected chi connectivity index (χ1v) is 7.58. The molecule has 1 aliphatic heterocycles. The van der Waals surface area contributed by atoms with Crippen LogP contribution in [-0.2, 0) is 0 Å². The standard InChI is InChI=1S/C15H16N2OS/c1-17-6-7-19-10-14(17)15(18)12-8-11-4-2-3-5-13(11)16-9-12/h2-5,8-9,14H,6-7,10H2,1H3. The number of hydrogen-bond donors (Lipinski definition) is 0. The number of para-hydroxylation sites is 1. The van der Waals surface area contributed by atoms with Gasteiger partial charge in [-0.3, -0.25) is 14.7 Å². The quantitative estimate of drug-likeness (QED) is 0.786. The SMILES string of the molecule is CN1CCSCC1C(=O)c1cnc2ccccc2c1. The molecule has 0 saturated carbocycles. The average molecular weight is 272 g/mol. The Morgan fingerprint density at radius 3 is 3.11 bits per heavy atom. The molecule has 3 nitrogen and oxygen atoms in total. The highest BCUT2D eigenvalue weighted by Crippen LogP contribution is 2.20. The summed E-state index contributed by atoms with van der Waals surface area (Å²) in [5, 5.41) is 1.03. The normalized spacial score (nSPS) is 20.6. The third-order valence-electron chi connectivity index (χ3n) is 3.57. The van der Waals surface area contributed by atoms with E-state index in [-0.39, 0.29) is 11.8 Å². The summed E-state index contributed by atoms with van der Waals surface area (Å²) in [6.45, 7) is 0.974. The van der Waals surface area contributed by atoms with E-state index in [1.165, 1.54) is 0 Å². The van der Waals surface area contributed by atoms with Crippen LogP contribution in [0.15, 0.2) is 36.5 Å². The van der Waals surface area contributed by atoms with E-state index in [1.54, 1.807) is 6.20 Å². The number of fused-ring (bicyclic) bond motifs is 1. The van der Waals surface area contributed by atoms with Crippen LogP contribution >= 0.6 is 11.8 Å². The maximum Gasteiger partial charge on any atom is 0.182 e. The van der Waals surface area contributed by atoms with Crippen molar-refractivity contribution in [2.45, 2.75) is 6.04 Å². The molecule has 2 heterocycles. The summed E-state index contributed by atoms with van der Waals surface area (Å²) in [5.41, 5.74) is 1.66. The van der Waals surface area contributed by atoms with Crippen molar-refractivity contribution in [2.75, 3.05) is 25.1 Å². The van der Waals surface area contributed by atoms with Crippen LogP contribution in [0.25, 0.3) is 10.9 Å². The second kappa shape index (κ2) is 5.31. The highest BCUT2D eigenvalue weighted by molar-refractivity contribution is 7.99. The lowest BCUT2D eigenvalue weighted by molar-refractivity contribution is 0.0874. The molecule has 0 spiro atoms. The number of rotatable bonds is 2. The Labute approximate surface area is 117 Å². The number of nitrogens with zero attached hydrogens (tertiary/aromatic N) is 2. The smallest absolute Gasteiger partial charge is 0.182 e. The number of carbonyl (C=O) groups is 1. The fourth-order valence-corrected chi connectivity index (χ4v) is 3.57. The molecule has 1 unspecified atom stereocenters. The summed E-state index contributed by atoms with van der Waals surface area (Å²) in [7, 11) is 2.02. The van der Waals surface area contributed by atoms with E-state index in [9.17, 15) is 4.79 Å². The van der Waals surface area contributed by atoms with Gasteiger partial charge in [-0.05, 0) is 19.2 Å². The van der Waals surface area contributed by atoms with Crippen molar-refractivity contribution >= 4 is 28.4 Å².